The monoisotopic (exact) mass is 374 g/mol. The number of aliphatic carboxylic acids is 1. The highest BCUT2D eigenvalue weighted by atomic mass is 127. The second-order valence-corrected chi connectivity index (χ2v) is 5.66. The molecule has 1 amide bonds. The number of nitrogens with one attached hydrogen (secondary N) is 1. The first-order valence-corrected chi connectivity index (χ1v) is 7.17. The number of carbonyl (C=O) groups excluding carboxylic acids is 1. The lowest BCUT2D eigenvalue weighted by Crippen LogP contribution is -2.40. The van der Waals surface area contributed by atoms with Gasteiger partial charge in [0.25, 0.3) is 0 Å². The van der Waals surface area contributed by atoms with E-state index >= 15 is 0 Å². The maximum Gasteiger partial charge on any atom is 0.320 e. The topological polar surface area (TPSA) is 69.6 Å². The Morgan fingerprint density at radius 2 is 2.16 bits per heavy atom. The van der Waals surface area contributed by atoms with Gasteiger partial charge in [-0.15, -0.1) is 0 Å². The van der Waals surface area contributed by atoms with Crippen LogP contribution < -0.4 is 5.32 Å². The van der Waals surface area contributed by atoms with Crippen molar-refractivity contribution in [2.45, 2.75) is 18.9 Å². The SMILES string of the molecule is O=C(CN1CCC[C@H]1C(=O)O)Nc1ccccc1I. The summed E-state index contributed by atoms with van der Waals surface area (Å²) in [5.74, 6) is -1.02. The maximum absolute atomic E-state index is 11.9. The number of carboxylic acids is 1. The molecular formula is C13H15IN2O3. The molecule has 0 radical (unpaired) electrons. The summed E-state index contributed by atoms with van der Waals surface area (Å²) in [6, 6.07) is 6.97. The van der Waals surface area contributed by atoms with Gasteiger partial charge in [0.1, 0.15) is 6.04 Å². The van der Waals surface area contributed by atoms with Gasteiger partial charge in [0, 0.05) is 3.57 Å². The van der Waals surface area contributed by atoms with Crippen LogP contribution in [0.15, 0.2) is 24.3 Å². The predicted molar refractivity (Wildman–Crippen MR) is 80.0 cm³/mol. The van der Waals surface area contributed by atoms with E-state index in [0.717, 1.165) is 15.7 Å². The summed E-state index contributed by atoms with van der Waals surface area (Å²) in [7, 11) is 0. The number of hydrogen-bond acceptors (Lipinski definition) is 3. The van der Waals surface area contributed by atoms with Crippen molar-refractivity contribution < 1.29 is 14.7 Å². The number of likely N-dealkylation sites (tertiary alicyclic amines) is 1. The Kier molecular flexibility index (Phi) is 4.76. The Labute approximate surface area is 125 Å². The van der Waals surface area contributed by atoms with Crippen LogP contribution in [0.4, 0.5) is 5.69 Å². The normalized spacial score (nSPS) is 19.3. The third-order valence-corrected chi connectivity index (χ3v) is 4.08. The molecule has 1 aromatic carbocycles. The van der Waals surface area contributed by atoms with Crippen molar-refractivity contribution in [3.63, 3.8) is 0 Å². The largest absolute Gasteiger partial charge is 0.480 e. The molecule has 1 aromatic rings. The second kappa shape index (κ2) is 6.33. The van der Waals surface area contributed by atoms with Crippen molar-refractivity contribution in [2.75, 3.05) is 18.4 Å². The summed E-state index contributed by atoms with van der Waals surface area (Å²) in [5.41, 5.74) is 0.763. The van der Waals surface area contributed by atoms with Crippen LogP contribution in [-0.4, -0.2) is 41.0 Å². The number of anilines is 1. The summed E-state index contributed by atoms with van der Waals surface area (Å²) in [6.45, 7) is 0.790. The lowest BCUT2D eigenvalue weighted by molar-refractivity contribution is -0.142. The molecule has 19 heavy (non-hydrogen) atoms. The van der Waals surface area contributed by atoms with Crippen molar-refractivity contribution in [3.8, 4) is 0 Å². The zero-order chi connectivity index (χ0) is 13.8. The molecule has 1 heterocycles. The highest BCUT2D eigenvalue weighted by Crippen LogP contribution is 2.19. The lowest BCUT2D eigenvalue weighted by Gasteiger charge is -2.20. The lowest BCUT2D eigenvalue weighted by atomic mass is 10.2. The van der Waals surface area contributed by atoms with E-state index in [1.807, 2.05) is 24.3 Å². The predicted octanol–water partition coefficient (Wildman–Crippen LogP) is 1.78. The Balaban J connectivity index is 1.95. The maximum atomic E-state index is 11.9. The van der Waals surface area contributed by atoms with Gasteiger partial charge in [0.15, 0.2) is 0 Å². The van der Waals surface area contributed by atoms with Crippen molar-refractivity contribution in [1.29, 1.82) is 0 Å². The minimum Gasteiger partial charge on any atom is -0.480 e. The first-order chi connectivity index (χ1) is 9.08. The minimum atomic E-state index is -0.848. The smallest absolute Gasteiger partial charge is 0.320 e. The highest BCUT2D eigenvalue weighted by Gasteiger charge is 2.31. The van der Waals surface area contributed by atoms with Crippen LogP contribution in [0.25, 0.3) is 0 Å². The second-order valence-electron chi connectivity index (χ2n) is 4.49. The minimum absolute atomic E-state index is 0.127. The van der Waals surface area contributed by atoms with E-state index < -0.39 is 12.0 Å². The molecule has 0 aromatic heterocycles. The number of amides is 1. The quantitative estimate of drug-likeness (QED) is 0.789. The van der Waals surface area contributed by atoms with E-state index in [1.54, 1.807) is 4.90 Å². The average Bonchev–Trinajstić information content (AvgIpc) is 2.80. The molecule has 1 aliphatic rings. The van der Waals surface area contributed by atoms with E-state index in [0.29, 0.717) is 13.0 Å². The van der Waals surface area contributed by atoms with Gasteiger partial charge in [-0.25, -0.2) is 0 Å². The number of nitrogens with zero attached hydrogens (tertiary/aromatic N) is 1. The number of carboxylic acid groups (broad SMARTS) is 1. The van der Waals surface area contributed by atoms with E-state index in [4.69, 9.17) is 5.11 Å². The van der Waals surface area contributed by atoms with Crippen molar-refractivity contribution in [2.24, 2.45) is 0 Å². The first kappa shape index (κ1) is 14.3. The van der Waals surface area contributed by atoms with E-state index in [2.05, 4.69) is 27.9 Å². The summed E-state index contributed by atoms with van der Waals surface area (Å²) in [4.78, 5) is 24.7. The molecule has 0 saturated carbocycles. The Morgan fingerprint density at radius 1 is 1.42 bits per heavy atom. The summed E-state index contributed by atoms with van der Waals surface area (Å²) in [6.07, 6.45) is 1.44. The van der Waals surface area contributed by atoms with Crippen LogP contribution in [-0.2, 0) is 9.59 Å². The van der Waals surface area contributed by atoms with Gasteiger partial charge in [-0.1, -0.05) is 12.1 Å². The number of rotatable bonds is 4. The highest BCUT2D eigenvalue weighted by molar-refractivity contribution is 14.1. The Morgan fingerprint density at radius 3 is 2.84 bits per heavy atom. The van der Waals surface area contributed by atoms with Crippen LogP contribution in [0.2, 0.25) is 0 Å². The van der Waals surface area contributed by atoms with E-state index in [-0.39, 0.29) is 12.5 Å². The van der Waals surface area contributed by atoms with Crippen LogP contribution in [0.5, 0.6) is 0 Å². The number of carbonyl (C=O) groups is 2. The summed E-state index contributed by atoms with van der Waals surface area (Å²) >= 11 is 2.15. The molecule has 0 aliphatic carbocycles. The fraction of sp³-hybridized carbons (Fsp3) is 0.385. The molecule has 6 heteroatoms. The molecule has 0 spiro atoms. The molecule has 1 saturated heterocycles. The Bertz CT molecular complexity index is 493. The molecule has 1 atom stereocenters. The number of benzene rings is 1. The zero-order valence-electron chi connectivity index (χ0n) is 10.3. The summed E-state index contributed by atoms with van der Waals surface area (Å²) in [5, 5.41) is 11.9. The van der Waals surface area contributed by atoms with Gasteiger partial charge in [-0.2, -0.15) is 0 Å². The molecular weight excluding hydrogens is 359 g/mol. The molecule has 2 N–H and O–H groups in total. The van der Waals surface area contributed by atoms with Gasteiger partial charge >= 0.3 is 5.97 Å². The fourth-order valence-corrected chi connectivity index (χ4v) is 2.75. The fourth-order valence-electron chi connectivity index (χ4n) is 2.23. The number of hydrogen-bond donors (Lipinski definition) is 2. The standard InChI is InChI=1S/C13H15IN2O3/c14-9-4-1-2-5-10(9)15-12(17)8-16-7-3-6-11(16)13(18)19/h1-2,4-5,11H,3,6-8H2,(H,15,17)(H,18,19)/t11-/m0/s1. The van der Waals surface area contributed by atoms with Gasteiger partial charge < -0.3 is 10.4 Å². The average molecular weight is 374 g/mol. The Hall–Kier alpha value is -1.15. The number of halogens is 1. The van der Waals surface area contributed by atoms with E-state index in [1.165, 1.54) is 0 Å². The van der Waals surface area contributed by atoms with Crippen LogP contribution >= 0.6 is 22.6 Å². The third kappa shape index (κ3) is 3.66. The van der Waals surface area contributed by atoms with E-state index in [9.17, 15) is 9.59 Å². The molecule has 0 bridgehead atoms. The van der Waals surface area contributed by atoms with Crippen molar-refractivity contribution in [3.05, 3.63) is 27.8 Å². The van der Waals surface area contributed by atoms with Gasteiger partial charge in [-0.05, 0) is 54.1 Å². The zero-order valence-corrected chi connectivity index (χ0v) is 12.5. The van der Waals surface area contributed by atoms with Crippen LogP contribution in [0, 0.1) is 3.57 Å². The molecule has 1 aliphatic heterocycles. The third-order valence-electron chi connectivity index (χ3n) is 3.14. The van der Waals surface area contributed by atoms with Crippen LogP contribution in [0.3, 0.4) is 0 Å². The molecule has 102 valence electrons. The van der Waals surface area contributed by atoms with Crippen molar-refractivity contribution in [1.82, 2.24) is 4.90 Å². The van der Waals surface area contributed by atoms with Gasteiger partial charge in [0.05, 0.1) is 12.2 Å². The van der Waals surface area contributed by atoms with Crippen molar-refractivity contribution >= 4 is 40.2 Å². The number of para-hydroxylation sites is 1. The summed E-state index contributed by atoms with van der Waals surface area (Å²) < 4.78 is 0.963. The van der Waals surface area contributed by atoms with Gasteiger partial charge in [0.2, 0.25) is 5.91 Å². The molecule has 0 unspecified atom stereocenters. The molecule has 1 fully saturated rings. The molecule has 2 rings (SSSR count). The van der Waals surface area contributed by atoms with Crippen LogP contribution in [0.1, 0.15) is 12.8 Å². The molecule has 5 nitrogen and oxygen atoms in total. The van der Waals surface area contributed by atoms with Gasteiger partial charge in [-0.3, -0.25) is 14.5 Å². The first-order valence-electron chi connectivity index (χ1n) is 6.09.